The van der Waals surface area contributed by atoms with Crippen molar-refractivity contribution in [2.24, 2.45) is 0 Å². The lowest BCUT2D eigenvalue weighted by molar-refractivity contribution is -0.140. The number of aryl methyl sites for hydroxylation is 1. The summed E-state index contributed by atoms with van der Waals surface area (Å²) in [6, 6.07) is 18.8. The van der Waals surface area contributed by atoms with Gasteiger partial charge in [-0.25, -0.2) is 8.42 Å². The van der Waals surface area contributed by atoms with E-state index in [1.165, 1.54) is 35.2 Å². The number of hydrogen-bond acceptors (Lipinski definition) is 4. The Morgan fingerprint density at radius 1 is 0.921 bits per heavy atom. The van der Waals surface area contributed by atoms with E-state index in [-0.39, 0.29) is 23.0 Å². The average molecular weight is 577 g/mol. The van der Waals surface area contributed by atoms with Crippen LogP contribution in [0.25, 0.3) is 0 Å². The molecule has 0 spiro atoms. The summed E-state index contributed by atoms with van der Waals surface area (Å²) in [5.74, 6) is -0.827. The van der Waals surface area contributed by atoms with Crippen LogP contribution in [0.2, 0.25) is 10.0 Å². The minimum atomic E-state index is -4.19. The van der Waals surface area contributed by atoms with Gasteiger partial charge < -0.3 is 10.2 Å². The summed E-state index contributed by atoms with van der Waals surface area (Å²) in [5, 5.41) is 3.48. The Bertz CT molecular complexity index is 1360. The molecule has 0 radical (unpaired) electrons. The predicted octanol–water partition coefficient (Wildman–Crippen LogP) is 5.44. The lowest BCUT2D eigenvalue weighted by Gasteiger charge is -2.33. The normalized spacial score (nSPS) is 12.0. The number of rotatable bonds is 11. The molecule has 0 saturated heterocycles. The maximum absolute atomic E-state index is 13.9. The summed E-state index contributed by atoms with van der Waals surface area (Å²) < 4.78 is 28.6. The highest BCUT2D eigenvalue weighted by atomic mass is 35.5. The van der Waals surface area contributed by atoms with E-state index in [0.29, 0.717) is 23.0 Å². The molecular weight excluding hydrogens is 545 g/mol. The van der Waals surface area contributed by atoms with Crippen LogP contribution in [-0.2, 0) is 26.2 Å². The molecule has 3 aromatic carbocycles. The fourth-order valence-electron chi connectivity index (χ4n) is 4.00. The molecule has 3 aromatic rings. The van der Waals surface area contributed by atoms with Crippen molar-refractivity contribution in [1.82, 2.24) is 10.2 Å². The van der Waals surface area contributed by atoms with Crippen LogP contribution in [0.5, 0.6) is 0 Å². The number of likely N-dealkylation sites (N-methyl/N-ethyl adjacent to an activating group) is 1. The molecule has 202 valence electrons. The lowest BCUT2D eigenvalue weighted by Crippen LogP contribution is -2.52. The molecular formula is C28H31Cl2N3O4S. The summed E-state index contributed by atoms with van der Waals surface area (Å²) in [5.41, 5.74) is 2.10. The van der Waals surface area contributed by atoms with Crippen LogP contribution in [-0.4, -0.2) is 44.3 Å². The van der Waals surface area contributed by atoms with Crippen LogP contribution in [0.15, 0.2) is 77.7 Å². The van der Waals surface area contributed by atoms with E-state index < -0.39 is 28.5 Å². The standard InChI is InChI=1S/C28H31Cl2N3O4S/c1-4-26(28(35)31-5-2)32(18-21-11-9-20(3)10-12-21)27(34)19-33(24-8-6-7-23(30)17-24)38(36,37)25-15-13-22(29)14-16-25/h6-17,26H,4-5,18-19H2,1-3H3,(H,31,35). The monoisotopic (exact) mass is 575 g/mol. The van der Waals surface area contributed by atoms with Crippen LogP contribution in [0.1, 0.15) is 31.4 Å². The number of carbonyl (C=O) groups excluding carboxylic acids is 2. The molecule has 38 heavy (non-hydrogen) atoms. The zero-order valence-electron chi connectivity index (χ0n) is 21.5. The Labute approximate surface area is 234 Å². The Hall–Kier alpha value is -3.07. The van der Waals surface area contributed by atoms with Gasteiger partial charge in [0.05, 0.1) is 10.6 Å². The van der Waals surface area contributed by atoms with E-state index in [1.54, 1.807) is 25.1 Å². The zero-order chi connectivity index (χ0) is 27.9. The number of sulfonamides is 1. The van der Waals surface area contributed by atoms with Gasteiger partial charge in [-0.1, -0.05) is 66.0 Å². The number of carbonyl (C=O) groups is 2. The first-order chi connectivity index (χ1) is 18.1. The lowest BCUT2D eigenvalue weighted by atomic mass is 10.1. The van der Waals surface area contributed by atoms with Crippen LogP contribution in [0.4, 0.5) is 5.69 Å². The van der Waals surface area contributed by atoms with E-state index >= 15 is 0 Å². The largest absolute Gasteiger partial charge is 0.355 e. The Morgan fingerprint density at radius 3 is 2.16 bits per heavy atom. The number of halogens is 2. The quantitative estimate of drug-likeness (QED) is 0.330. The zero-order valence-corrected chi connectivity index (χ0v) is 23.9. The summed E-state index contributed by atoms with van der Waals surface area (Å²) in [7, 11) is -4.19. The van der Waals surface area contributed by atoms with E-state index in [0.717, 1.165) is 15.4 Å². The van der Waals surface area contributed by atoms with Gasteiger partial charge in [0.25, 0.3) is 10.0 Å². The van der Waals surface area contributed by atoms with Crippen molar-refractivity contribution in [3.63, 3.8) is 0 Å². The van der Waals surface area contributed by atoms with Crippen LogP contribution < -0.4 is 9.62 Å². The number of benzene rings is 3. The van der Waals surface area contributed by atoms with Crippen molar-refractivity contribution in [2.75, 3.05) is 17.4 Å². The molecule has 0 aromatic heterocycles. The molecule has 1 atom stereocenters. The molecule has 0 bridgehead atoms. The topological polar surface area (TPSA) is 86.8 Å². The van der Waals surface area contributed by atoms with Gasteiger partial charge in [-0.05, 0) is 68.3 Å². The van der Waals surface area contributed by atoms with Gasteiger partial charge in [0.15, 0.2) is 0 Å². The molecule has 0 aliphatic carbocycles. The summed E-state index contributed by atoms with van der Waals surface area (Å²) >= 11 is 12.2. The summed E-state index contributed by atoms with van der Waals surface area (Å²) in [4.78, 5) is 28.3. The minimum Gasteiger partial charge on any atom is -0.355 e. The van der Waals surface area contributed by atoms with Gasteiger partial charge in [-0.3, -0.25) is 13.9 Å². The highest BCUT2D eigenvalue weighted by Gasteiger charge is 2.33. The second kappa shape index (κ2) is 13.1. The molecule has 0 aliphatic heterocycles. The number of amides is 2. The molecule has 0 aliphatic rings. The van der Waals surface area contributed by atoms with E-state index in [4.69, 9.17) is 23.2 Å². The molecule has 7 nitrogen and oxygen atoms in total. The Kier molecular flexibility index (Phi) is 10.2. The van der Waals surface area contributed by atoms with Gasteiger partial charge in [0.2, 0.25) is 11.8 Å². The van der Waals surface area contributed by atoms with Gasteiger partial charge >= 0.3 is 0 Å². The maximum atomic E-state index is 13.9. The van der Waals surface area contributed by atoms with Crippen LogP contribution >= 0.6 is 23.2 Å². The second-order valence-electron chi connectivity index (χ2n) is 8.77. The third kappa shape index (κ3) is 7.28. The number of anilines is 1. The molecule has 10 heteroatoms. The molecule has 0 fully saturated rings. The van der Waals surface area contributed by atoms with E-state index in [9.17, 15) is 18.0 Å². The molecule has 0 heterocycles. The van der Waals surface area contributed by atoms with Crippen LogP contribution in [0.3, 0.4) is 0 Å². The number of hydrogen-bond donors (Lipinski definition) is 1. The fraction of sp³-hybridized carbons (Fsp3) is 0.286. The van der Waals surface area contributed by atoms with Crippen molar-refractivity contribution in [3.05, 3.63) is 94.0 Å². The SMILES string of the molecule is CCNC(=O)C(CC)N(Cc1ccc(C)cc1)C(=O)CN(c1cccc(Cl)c1)S(=O)(=O)c1ccc(Cl)cc1. The Balaban J connectivity index is 2.05. The van der Waals surface area contributed by atoms with Crippen molar-refractivity contribution < 1.29 is 18.0 Å². The first kappa shape index (κ1) is 29.5. The molecule has 1 unspecified atom stereocenters. The predicted molar refractivity (Wildman–Crippen MR) is 152 cm³/mol. The number of nitrogens with zero attached hydrogens (tertiary/aromatic N) is 2. The second-order valence-corrected chi connectivity index (χ2v) is 11.5. The van der Waals surface area contributed by atoms with Crippen molar-refractivity contribution in [2.45, 2.75) is 44.7 Å². The summed E-state index contributed by atoms with van der Waals surface area (Å²) in [6.07, 6.45) is 0.352. The highest BCUT2D eigenvalue weighted by Crippen LogP contribution is 2.27. The first-order valence-corrected chi connectivity index (χ1v) is 14.4. The van der Waals surface area contributed by atoms with Gasteiger partial charge in [-0.15, -0.1) is 0 Å². The molecule has 0 saturated carbocycles. The minimum absolute atomic E-state index is 0.0319. The molecule has 3 rings (SSSR count). The Morgan fingerprint density at radius 2 is 1.58 bits per heavy atom. The van der Waals surface area contributed by atoms with E-state index in [2.05, 4.69) is 5.32 Å². The van der Waals surface area contributed by atoms with Gasteiger partial charge in [-0.2, -0.15) is 0 Å². The third-order valence-corrected chi connectivity index (χ3v) is 8.26. The molecule has 1 N–H and O–H groups in total. The van der Waals surface area contributed by atoms with Crippen molar-refractivity contribution in [3.8, 4) is 0 Å². The van der Waals surface area contributed by atoms with Crippen LogP contribution in [0, 0.1) is 6.92 Å². The highest BCUT2D eigenvalue weighted by molar-refractivity contribution is 7.92. The fourth-order valence-corrected chi connectivity index (χ4v) is 5.71. The van der Waals surface area contributed by atoms with E-state index in [1.807, 2.05) is 38.1 Å². The smallest absolute Gasteiger partial charge is 0.264 e. The van der Waals surface area contributed by atoms with Crippen molar-refractivity contribution >= 4 is 50.7 Å². The number of nitrogens with one attached hydrogen (secondary N) is 1. The molecule has 2 amide bonds. The first-order valence-electron chi connectivity index (χ1n) is 12.2. The van der Waals surface area contributed by atoms with Gasteiger partial charge in [0, 0.05) is 23.1 Å². The average Bonchev–Trinajstić information content (AvgIpc) is 2.88. The third-order valence-electron chi connectivity index (χ3n) is 5.99. The van der Waals surface area contributed by atoms with Crippen molar-refractivity contribution in [1.29, 1.82) is 0 Å². The summed E-state index contributed by atoms with van der Waals surface area (Å²) in [6.45, 7) is 5.58. The maximum Gasteiger partial charge on any atom is 0.264 e. The van der Waals surface area contributed by atoms with Gasteiger partial charge in [0.1, 0.15) is 12.6 Å².